The fraction of sp³-hybridized carbons (Fsp3) is 0.931. The molecule has 10 heteroatoms. The molecule has 0 aromatic carbocycles. The van der Waals surface area contributed by atoms with E-state index < -0.39 is 6.10 Å². The van der Waals surface area contributed by atoms with Gasteiger partial charge >= 0.3 is 11.9 Å². The van der Waals surface area contributed by atoms with Crippen molar-refractivity contribution < 1.29 is 34.2 Å². The number of nitrogens with two attached hydrogens (primary N) is 1. The van der Waals surface area contributed by atoms with Crippen molar-refractivity contribution in [2.45, 2.75) is 122 Å². The molecule has 3 aliphatic rings. The minimum atomic E-state index is -0.448. The Kier molecular flexibility index (Phi) is 14.8. The monoisotopic (exact) mass is 589 g/mol. The number of aliphatic hydroxyl groups is 1. The number of methoxy groups -OCH3 is 1. The summed E-state index contributed by atoms with van der Waals surface area (Å²) in [7, 11) is 5.52. The van der Waals surface area contributed by atoms with Gasteiger partial charge in [-0.05, 0) is 68.6 Å². The summed E-state index contributed by atoms with van der Waals surface area (Å²) >= 11 is 0. The lowest BCUT2D eigenvalue weighted by Crippen LogP contribution is -2.95. The highest BCUT2D eigenvalue weighted by molar-refractivity contribution is 8.76. The van der Waals surface area contributed by atoms with E-state index in [1.807, 2.05) is 21.6 Å². The summed E-state index contributed by atoms with van der Waals surface area (Å²) in [6.07, 6.45) is 9.67. The summed E-state index contributed by atoms with van der Waals surface area (Å²) in [5.41, 5.74) is 0. The van der Waals surface area contributed by atoms with Gasteiger partial charge in [0.2, 0.25) is 0 Å². The third kappa shape index (κ3) is 11.0. The van der Waals surface area contributed by atoms with Crippen LogP contribution in [0.25, 0.3) is 0 Å². The van der Waals surface area contributed by atoms with Crippen LogP contribution < -0.4 is 10.6 Å². The molecule has 2 heterocycles. The minimum Gasteiger partial charge on any atom is -0.462 e. The molecule has 0 aromatic heterocycles. The highest BCUT2D eigenvalue weighted by Crippen LogP contribution is 2.46. The Morgan fingerprint density at radius 2 is 1.77 bits per heavy atom. The summed E-state index contributed by atoms with van der Waals surface area (Å²) in [5, 5.41) is 17.6. The number of aliphatic hydroxyl groups excluding tert-OH is 1. The largest absolute Gasteiger partial charge is 0.462 e. The Balaban J connectivity index is 1.73. The number of quaternary nitrogens is 1. The average Bonchev–Trinajstić information content (AvgIpc) is 2.91. The van der Waals surface area contributed by atoms with Gasteiger partial charge < -0.3 is 24.6 Å². The molecule has 0 radical (unpaired) electrons. The first-order valence-electron chi connectivity index (χ1n) is 15.2. The molecule has 2 aliphatic heterocycles. The molecule has 3 fully saturated rings. The fourth-order valence-corrected chi connectivity index (χ4v) is 9.40. The molecule has 9 atom stereocenters. The van der Waals surface area contributed by atoms with Gasteiger partial charge in [0.15, 0.2) is 0 Å². The van der Waals surface area contributed by atoms with E-state index >= 15 is 0 Å². The van der Waals surface area contributed by atoms with Gasteiger partial charge in [-0.2, -0.15) is 0 Å². The predicted octanol–water partition coefficient (Wildman–Crippen LogP) is 3.86. The highest BCUT2D eigenvalue weighted by atomic mass is 33.1. The van der Waals surface area contributed by atoms with Crippen LogP contribution in [-0.4, -0.2) is 72.9 Å². The third-order valence-corrected chi connectivity index (χ3v) is 11.2. The standard InChI is InChI=1S/C29H52N2O6S2/c1-5-6-7-8-23(36-19(2)32)16-24(37-20(3)33)10-9-22-15-27(35-4)29(34)25-13-21-11-12-30-28(14-21)31-18-39-38-17-26(22)25/h21-31,34H,5-18H2,1-4H3/p+1. The number of nitrogens with one attached hydrogen (secondary N) is 1. The van der Waals surface area contributed by atoms with Gasteiger partial charge in [0.25, 0.3) is 0 Å². The van der Waals surface area contributed by atoms with Crippen molar-refractivity contribution >= 4 is 33.5 Å². The zero-order valence-electron chi connectivity index (χ0n) is 24.5. The van der Waals surface area contributed by atoms with Crippen LogP contribution in [0.5, 0.6) is 0 Å². The molecule has 39 heavy (non-hydrogen) atoms. The van der Waals surface area contributed by atoms with Crippen molar-refractivity contribution in [2.24, 2.45) is 23.7 Å². The highest BCUT2D eigenvalue weighted by Gasteiger charge is 2.45. The molecule has 4 N–H and O–H groups in total. The summed E-state index contributed by atoms with van der Waals surface area (Å²) in [6, 6.07) is 0. The lowest BCUT2D eigenvalue weighted by atomic mass is 9.65. The van der Waals surface area contributed by atoms with Crippen molar-refractivity contribution in [1.29, 1.82) is 0 Å². The van der Waals surface area contributed by atoms with E-state index in [1.165, 1.54) is 20.3 Å². The second kappa shape index (κ2) is 17.4. The smallest absolute Gasteiger partial charge is 0.302 e. The third-order valence-electron chi connectivity index (χ3n) is 8.96. The quantitative estimate of drug-likeness (QED) is 0.178. The normalized spacial score (nSPS) is 33.2. The predicted molar refractivity (Wildman–Crippen MR) is 157 cm³/mol. The first-order valence-corrected chi connectivity index (χ1v) is 17.7. The van der Waals surface area contributed by atoms with Crippen LogP contribution in [0.4, 0.5) is 0 Å². The minimum absolute atomic E-state index is 0.168. The van der Waals surface area contributed by atoms with Gasteiger partial charge in [0.1, 0.15) is 18.4 Å². The maximum Gasteiger partial charge on any atom is 0.302 e. The van der Waals surface area contributed by atoms with E-state index in [1.54, 1.807) is 7.11 Å². The Bertz CT molecular complexity index is 747. The number of unbranched alkanes of at least 4 members (excludes halogenated alkanes) is 2. The van der Waals surface area contributed by atoms with Crippen LogP contribution in [0.2, 0.25) is 0 Å². The Morgan fingerprint density at radius 1 is 1.03 bits per heavy atom. The molecule has 2 saturated heterocycles. The Labute approximate surface area is 243 Å². The van der Waals surface area contributed by atoms with Crippen LogP contribution in [0.1, 0.15) is 91.4 Å². The van der Waals surface area contributed by atoms with Crippen molar-refractivity contribution in [1.82, 2.24) is 5.32 Å². The number of piperidine rings is 1. The second-order valence-corrected chi connectivity index (χ2v) is 14.4. The summed E-state index contributed by atoms with van der Waals surface area (Å²) < 4.78 is 17.3. The summed E-state index contributed by atoms with van der Waals surface area (Å²) in [5.74, 6) is 2.95. The molecule has 226 valence electrons. The van der Waals surface area contributed by atoms with Crippen molar-refractivity contribution in [3.8, 4) is 0 Å². The summed E-state index contributed by atoms with van der Waals surface area (Å²) in [4.78, 5) is 23.8. The van der Waals surface area contributed by atoms with Gasteiger partial charge in [-0.1, -0.05) is 41.4 Å². The van der Waals surface area contributed by atoms with E-state index in [-0.39, 0.29) is 36.2 Å². The molecule has 9 unspecified atom stereocenters. The lowest BCUT2D eigenvalue weighted by molar-refractivity contribution is -0.704. The number of hydrogen-bond acceptors (Lipinski definition) is 9. The average molecular weight is 590 g/mol. The molecule has 1 aliphatic carbocycles. The van der Waals surface area contributed by atoms with Gasteiger partial charge in [-0.3, -0.25) is 14.9 Å². The Morgan fingerprint density at radius 3 is 2.46 bits per heavy atom. The van der Waals surface area contributed by atoms with Crippen molar-refractivity contribution in [2.75, 3.05) is 25.3 Å². The molecule has 0 aromatic rings. The van der Waals surface area contributed by atoms with E-state index in [9.17, 15) is 14.7 Å². The number of hydrogen-bond donors (Lipinski definition) is 3. The maximum absolute atomic E-state index is 12.0. The molecule has 8 nitrogen and oxygen atoms in total. The molecule has 0 amide bonds. The number of carbonyl (C=O) groups excluding carboxylic acids is 2. The molecule has 0 spiro atoms. The van der Waals surface area contributed by atoms with Crippen LogP contribution in [-0.2, 0) is 23.8 Å². The summed E-state index contributed by atoms with van der Waals surface area (Å²) in [6.45, 7) is 6.20. The van der Waals surface area contributed by atoms with E-state index in [0.29, 0.717) is 30.3 Å². The van der Waals surface area contributed by atoms with Gasteiger partial charge in [0.05, 0.1) is 24.6 Å². The number of ether oxygens (including phenoxy) is 3. The topological polar surface area (TPSA) is 111 Å². The Hall–Kier alpha value is -0.520. The van der Waals surface area contributed by atoms with Crippen molar-refractivity contribution in [3.05, 3.63) is 0 Å². The molecule has 2 bridgehead atoms. The number of rotatable bonds is 12. The van der Waals surface area contributed by atoms with E-state index in [0.717, 1.165) is 76.0 Å². The van der Waals surface area contributed by atoms with Crippen molar-refractivity contribution in [3.63, 3.8) is 0 Å². The van der Waals surface area contributed by atoms with Crippen LogP contribution in [0.15, 0.2) is 0 Å². The van der Waals surface area contributed by atoms with Gasteiger partial charge in [0, 0.05) is 39.6 Å². The van der Waals surface area contributed by atoms with Crippen LogP contribution in [0, 0.1) is 23.7 Å². The lowest BCUT2D eigenvalue weighted by Gasteiger charge is -2.46. The molecular formula is C29H53N2O6S2+. The first kappa shape index (κ1) is 33.0. The molecular weight excluding hydrogens is 536 g/mol. The second-order valence-electron chi connectivity index (χ2n) is 11.9. The zero-order valence-corrected chi connectivity index (χ0v) is 26.1. The van der Waals surface area contributed by atoms with Crippen LogP contribution >= 0.6 is 21.6 Å². The zero-order chi connectivity index (χ0) is 28.2. The van der Waals surface area contributed by atoms with E-state index in [2.05, 4.69) is 17.6 Å². The van der Waals surface area contributed by atoms with Gasteiger partial charge in [-0.15, -0.1) is 0 Å². The van der Waals surface area contributed by atoms with Gasteiger partial charge in [-0.25, -0.2) is 0 Å². The number of fused-ring (bicyclic) bond motifs is 3. The molecule has 3 rings (SSSR count). The first-order chi connectivity index (χ1) is 18.8. The maximum atomic E-state index is 12.0. The fourth-order valence-electron chi connectivity index (χ4n) is 7.05. The van der Waals surface area contributed by atoms with E-state index in [4.69, 9.17) is 14.2 Å². The van der Waals surface area contributed by atoms with Crippen LogP contribution in [0.3, 0.4) is 0 Å². The number of carbonyl (C=O) groups is 2. The molecule has 1 saturated carbocycles. The SMILES string of the molecule is CCCCCC(CC(CCC1CC(OC)C(O)C2CC3CC[NH2+]C(C3)NCSSCC12)OC(C)=O)OC(C)=O. The number of esters is 2.